The monoisotopic (exact) mass is 328 g/mol. The molecule has 0 heterocycles. The van der Waals surface area contributed by atoms with Gasteiger partial charge in [-0.2, -0.15) is 0 Å². The highest BCUT2D eigenvalue weighted by Gasteiger charge is 2.21. The van der Waals surface area contributed by atoms with E-state index in [0.29, 0.717) is 24.6 Å². The highest BCUT2D eigenvalue weighted by molar-refractivity contribution is 5.96. The lowest BCUT2D eigenvalue weighted by atomic mass is 10.1. The van der Waals surface area contributed by atoms with E-state index in [0.717, 1.165) is 11.1 Å². The molecule has 0 saturated carbocycles. The Balaban J connectivity index is 2.20. The van der Waals surface area contributed by atoms with Gasteiger partial charge in [-0.15, -0.1) is 0 Å². The molecule has 5 nitrogen and oxygen atoms in total. The fourth-order valence-corrected chi connectivity index (χ4v) is 2.44. The van der Waals surface area contributed by atoms with Gasteiger partial charge in [-0.25, -0.2) is 0 Å². The molecule has 2 rings (SSSR count). The Morgan fingerprint density at radius 2 is 1.88 bits per heavy atom. The SMILES string of the molecule is COCCN[C@H](C(=O)Nc1cc(C)ccc1OC)c1ccccc1. The number of nitrogens with one attached hydrogen (secondary N) is 2. The number of anilines is 1. The maximum absolute atomic E-state index is 12.8. The third kappa shape index (κ3) is 4.81. The van der Waals surface area contributed by atoms with Gasteiger partial charge >= 0.3 is 0 Å². The fraction of sp³-hybridized carbons (Fsp3) is 0.316. The van der Waals surface area contributed by atoms with Crippen LogP contribution in [0.15, 0.2) is 48.5 Å². The summed E-state index contributed by atoms with van der Waals surface area (Å²) in [6.07, 6.45) is 0. The summed E-state index contributed by atoms with van der Waals surface area (Å²) in [5.74, 6) is 0.499. The molecular formula is C19H24N2O3. The molecule has 2 N–H and O–H groups in total. The number of ether oxygens (including phenoxy) is 2. The van der Waals surface area contributed by atoms with E-state index in [1.165, 1.54) is 0 Å². The predicted octanol–water partition coefficient (Wildman–Crippen LogP) is 2.92. The molecule has 24 heavy (non-hydrogen) atoms. The van der Waals surface area contributed by atoms with Crippen molar-refractivity contribution in [1.29, 1.82) is 0 Å². The Morgan fingerprint density at radius 3 is 2.54 bits per heavy atom. The molecule has 0 aliphatic carbocycles. The van der Waals surface area contributed by atoms with E-state index in [2.05, 4.69) is 10.6 Å². The second-order valence-electron chi connectivity index (χ2n) is 5.48. The van der Waals surface area contributed by atoms with Gasteiger partial charge in [0.15, 0.2) is 0 Å². The van der Waals surface area contributed by atoms with Gasteiger partial charge in [0.1, 0.15) is 11.8 Å². The summed E-state index contributed by atoms with van der Waals surface area (Å²) in [5, 5.41) is 6.19. The van der Waals surface area contributed by atoms with Gasteiger partial charge in [-0.05, 0) is 30.2 Å². The Labute approximate surface area is 143 Å². The van der Waals surface area contributed by atoms with Gasteiger partial charge in [0.05, 0.1) is 19.4 Å². The number of rotatable bonds is 8. The number of hydrogen-bond donors (Lipinski definition) is 2. The molecule has 0 radical (unpaired) electrons. The summed E-state index contributed by atoms with van der Waals surface area (Å²) in [6.45, 7) is 3.08. The number of aryl methyl sites for hydroxylation is 1. The van der Waals surface area contributed by atoms with Crippen LogP contribution in [0.25, 0.3) is 0 Å². The van der Waals surface area contributed by atoms with Crippen LogP contribution in [-0.2, 0) is 9.53 Å². The highest BCUT2D eigenvalue weighted by atomic mass is 16.5. The topological polar surface area (TPSA) is 59.6 Å². The van der Waals surface area contributed by atoms with E-state index in [-0.39, 0.29) is 5.91 Å². The third-order valence-electron chi connectivity index (χ3n) is 3.66. The molecule has 1 amide bonds. The van der Waals surface area contributed by atoms with Gasteiger partial charge in [0, 0.05) is 13.7 Å². The number of methoxy groups -OCH3 is 2. The average molecular weight is 328 g/mol. The normalized spacial score (nSPS) is 11.8. The average Bonchev–Trinajstić information content (AvgIpc) is 2.59. The van der Waals surface area contributed by atoms with E-state index in [4.69, 9.17) is 9.47 Å². The molecule has 128 valence electrons. The Bertz CT molecular complexity index is 659. The second-order valence-corrected chi connectivity index (χ2v) is 5.48. The standard InChI is InChI=1S/C19H24N2O3/c1-14-9-10-17(24-3)16(13-14)21-19(22)18(20-11-12-23-2)15-7-5-4-6-8-15/h4-10,13,18,20H,11-12H2,1-3H3,(H,21,22)/t18-/m0/s1. The first-order valence-electron chi connectivity index (χ1n) is 7.88. The fourth-order valence-electron chi connectivity index (χ4n) is 2.44. The van der Waals surface area contributed by atoms with Crippen LogP contribution in [0.5, 0.6) is 5.75 Å². The maximum atomic E-state index is 12.8. The minimum Gasteiger partial charge on any atom is -0.495 e. The van der Waals surface area contributed by atoms with Gasteiger partial charge in [0.2, 0.25) is 5.91 Å². The van der Waals surface area contributed by atoms with Crippen LogP contribution in [0.3, 0.4) is 0 Å². The van der Waals surface area contributed by atoms with Crippen LogP contribution in [-0.4, -0.2) is 33.3 Å². The number of hydrogen-bond acceptors (Lipinski definition) is 4. The molecule has 0 aliphatic rings. The quantitative estimate of drug-likeness (QED) is 0.732. The van der Waals surface area contributed by atoms with Crippen molar-refractivity contribution in [3.8, 4) is 5.75 Å². The molecular weight excluding hydrogens is 304 g/mol. The van der Waals surface area contributed by atoms with Crippen LogP contribution in [0.2, 0.25) is 0 Å². The predicted molar refractivity (Wildman–Crippen MR) is 95.4 cm³/mol. The smallest absolute Gasteiger partial charge is 0.246 e. The number of amides is 1. The second kappa shape index (κ2) is 9.05. The van der Waals surface area contributed by atoms with Crippen molar-refractivity contribution in [1.82, 2.24) is 5.32 Å². The van der Waals surface area contributed by atoms with E-state index < -0.39 is 6.04 Å². The van der Waals surface area contributed by atoms with Crippen molar-refractivity contribution < 1.29 is 14.3 Å². The lowest BCUT2D eigenvalue weighted by molar-refractivity contribution is -0.118. The van der Waals surface area contributed by atoms with Crippen molar-refractivity contribution in [2.45, 2.75) is 13.0 Å². The van der Waals surface area contributed by atoms with E-state index in [1.807, 2.05) is 55.5 Å². The van der Waals surface area contributed by atoms with Gasteiger partial charge in [0.25, 0.3) is 0 Å². The summed E-state index contributed by atoms with van der Waals surface area (Å²) >= 11 is 0. The third-order valence-corrected chi connectivity index (χ3v) is 3.66. The molecule has 5 heteroatoms. The van der Waals surface area contributed by atoms with Crippen LogP contribution < -0.4 is 15.4 Å². The number of carbonyl (C=O) groups excluding carboxylic acids is 1. The number of benzene rings is 2. The van der Waals surface area contributed by atoms with E-state index in [9.17, 15) is 4.79 Å². The van der Waals surface area contributed by atoms with Crippen molar-refractivity contribution in [3.63, 3.8) is 0 Å². The Morgan fingerprint density at radius 1 is 1.12 bits per heavy atom. The first-order chi connectivity index (χ1) is 11.7. The van der Waals surface area contributed by atoms with E-state index in [1.54, 1.807) is 14.2 Å². The molecule has 2 aromatic rings. The molecule has 1 atom stereocenters. The van der Waals surface area contributed by atoms with Crippen LogP contribution in [0.4, 0.5) is 5.69 Å². The minimum absolute atomic E-state index is 0.138. The van der Waals surface area contributed by atoms with Crippen molar-refractivity contribution in [3.05, 3.63) is 59.7 Å². The molecule has 0 unspecified atom stereocenters. The van der Waals surface area contributed by atoms with Crippen LogP contribution in [0.1, 0.15) is 17.2 Å². The molecule has 0 spiro atoms. The van der Waals surface area contributed by atoms with Crippen molar-refractivity contribution in [2.75, 3.05) is 32.7 Å². The lowest BCUT2D eigenvalue weighted by Crippen LogP contribution is -2.35. The maximum Gasteiger partial charge on any atom is 0.246 e. The molecule has 0 fully saturated rings. The summed E-state index contributed by atoms with van der Waals surface area (Å²) in [4.78, 5) is 12.8. The molecule has 0 saturated heterocycles. The highest BCUT2D eigenvalue weighted by Crippen LogP contribution is 2.26. The summed E-state index contributed by atoms with van der Waals surface area (Å²) in [7, 11) is 3.22. The lowest BCUT2D eigenvalue weighted by Gasteiger charge is -2.20. The van der Waals surface area contributed by atoms with Crippen LogP contribution in [0, 0.1) is 6.92 Å². The van der Waals surface area contributed by atoms with Gasteiger partial charge in [-0.1, -0.05) is 36.4 Å². The molecule has 0 aromatic heterocycles. The zero-order valence-electron chi connectivity index (χ0n) is 14.3. The molecule has 2 aromatic carbocycles. The first-order valence-corrected chi connectivity index (χ1v) is 7.88. The van der Waals surface area contributed by atoms with E-state index >= 15 is 0 Å². The summed E-state index contributed by atoms with van der Waals surface area (Å²) in [6, 6.07) is 14.8. The minimum atomic E-state index is -0.466. The van der Waals surface area contributed by atoms with Gasteiger partial charge in [-0.3, -0.25) is 10.1 Å². The van der Waals surface area contributed by atoms with Crippen molar-refractivity contribution in [2.24, 2.45) is 0 Å². The summed E-state index contributed by atoms with van der Waals surface area (Å²) in [5.41, 5.74) is 2.62. The Kier molecular flexibility index (Phi) is 6.78. The Hall–Kier alpha value is -2.37. The largest absolute Gasteiger partial charge is 0.495 e. The zero-order chi connectivity index (χ0) is 17.4. The van der Waals surface area contributed by atoms with Crippen molar-refractivity contribution >= 4 is 11.6 Å². The summed E-state index contributed by atoms with van der Waals surface area (Å²) < 4.78 is 10.4. The molecule has 0 bridgehead atoms. The van der Waals surface area contributed by atoms with Crippen LogP contribution >= 0.6 is 0 Å². The van der Waals surface area contributed by atoms with Gasteiger partial charge < -0.3 is 14.8 Å². The molecule has 0 aliphatic heterocycles. The zero-order valence-corrected chi connectivity index (χ0v) is 14.3. The first kappa shape index (κ1) is 18.0. The number of carbonyl (C=O) groups is 1.